The van der Waals surface area contributed by atoms with Crippen LogP contribution in [0.4, 0.5) is 16.4 Å². The zero-order chi connectivity index (χ0) is 24.5. The molecule has 2 aliphatic heterocycles. The number of cyclic esters (lactones) is 1. The highest BCUT2D eigenvalue weighted by Crippen LogP contribution is 2.31. The molecule has 0 spiro atoms. The number of ether oxygens (including phenoxy) is 3. The van der Waals surface area contributed by atoms with Gasteiger partial charge in [0.05, 0.1) is 24.5 Å². The minimum atomic E-state index is -0.568. The van der Waals surface area contributed by atoms with Gasteiger partial charge in [-0.1, -0.05) is 11.6 Å². The highest BCUT2D eigenvalue weighted by Gasteiger charge is 2.34. The van der Waals surface area contributed by atoms with Gasteiger partial charge in [-0.3, -0.25) is 19.5 Å². The minimum Gasteiger partial charge on any atom is -0.488 e. The average Bonchev–Trinajstić information content (AvgIpc) is 3.22. The van der Waals surface area contributed by atoms with Crippen molar-refractivity contribution < 1.29 is 23.8 Å². The zero-order valence-electron chi connectivity index (χ0n) is 19.0. The van der Waals surface area contributed by atoms with Crippen molar-refractivity contribution in [3.63, 3.8) is 0 Å². The van der Waals surface area contributed by atoms with E-state index < -0.39 is 12.2 Å². The zero-order valence-corrected chi connectivity index (χ0v) is 20.7. The summed E-state index contributed by atoms with van der Waals surface area (Å²) in [5.74, 6) is 0.626. The summed E-state index contributed by atoms with van der Waals surface area (Å²) >= 11 is 6.26. The Morgan fingerprint density at radius 1 is 1.25 bits per heavy atom. The fourth-order valence-corrected chi connectivity index (χ4v) is 3.92. The van der Waals surface area contributed by atoms with E-state index in [-0.39, 0.29) is 62.2 Å². The number of nitrogens with zero attached hydrogens (tertiary/aromatic N) is 5. The van der Waals surface area contributed by atoms with E-state index in [1.54, 1.807) is 13.1 Å². The molecule has 0 unspecified atom stereocenters. The average molecular weight is 536 g/mol. The Balaban J connectivity index is 0.00000304. The summed E-state index contributed by atoms with van der Waals surface area (Å²) in [5, 5.41) is 6.03. The van der Waals surface area contributed by atoms with E-state index in [2.05, 4.69) is 25.6 Å². The van der Waals surface area contributed by atoms with Crippen molar-refractivity contribution in [3.05, 3.63) is 39.9 Å². The molecule has 36 heavy (non-hydrogen) atoms. The number of carbonyl (C=O) groups excluding carboxylic acids is 2. The standard InChI is InChI=1S/C21H20ClN7O6.H2S/c1-28-16(31)3-2-13-17(28)18(12(22)7-24-13)33-5-4-23-6-11-9-29(21(32)35-11)14-8-25-20-19(26-14)27-15(30)10-34-20;/h2-3,7-8,11,23H,4-6,9-10H2,1H3,(H,26,27,30);1H2/t11-;/m0./s1. The molecular weight excluding hydrogens is 514 g/mol. The van der Waals surface area contributed by atoms with Crippen LogP contribution in [0, 0.1) is 0 Å². The Morgan fingerprint density at radius 2 is 2.08 bits per heavy atom. The molecule has 0 bridgehead atoms. The lowest BCUT2D eigenvalue weighted by molar-refractivity contribution is -0.118. The van der Waals surface area contributed by atoms with Gasteiger partial charge in [-0.05, 0) is 6.07 Å². The number of aryl methyl sites for hydroxylation is 1. The molecule has 0 saturated carbocycles. The molecule has 1 saturated heterocycles. The van der Waals surface area contributed by atoms with Gasteiger partial charge in [0, 0.05) is 26.2 Å². The number of anilines is 2. The Morgan fingerprint density at radius 3 is 2.92 bits per heavy atom. The van der Waals surface area contributed by atoms with Crippen molar-refractivity contribution in [1.82, 2.24) is 24.8 Å². The van der Waals surface area contributed by atoms with Crippen LogP contribution in [0.2, 0.25) is 5.02 Å². The van der Waals surface area contributed by atoms with E-state index in [0.29, 0.717) is 34.9 Å². The van der Waals surface area contributed by atoms with Gasteiger partial charge < -0.3 is 29.4 Å². The van der Waals surface area contributed by atoms with Gasteiger partial charge in [0.1, 0.15) is 23.3 Å². The maximum Gasteiger partial charge on any atom is 0.416 e. The predicted octanol–water partition coefficient (Wildman–Crippen LogP) is 0.814. The number of nitrogens with one attached hydrogen (secondary N) is 2. The quantitative estimate of drug-likeness (QED) is 0.416. The van der Waals surface area contributed by atoms with Crippen LogP contribution in [0.5, 0.6) is 11.6 Å². The molecule has 15 heteroatoms. The van der Waals surface area contributed by atoms with Crippen LogP contribution in [-0.4, -0.2) is 70.5 Å². The lowest BCUT2D eigenvalue weighted by atomic mass is 10.3. The third-order valence-corrected chi connectivity index (χ3v) is 5.68. The molecule has 2 N–H and O–H groups in total. The molecule has 13 nitrogen and oxygen atoms in total. The van der Waals surface area contributed by atoms with E-state index >= 15 is 0 Å². The van der Waals surface area contributed by atoms with Gasteiger partial charge in [0.2, 0.25) is 0 Å². The number of carbonyl (C=O) groups is 2. The Hall–Kier alpha value is -3.62. The summed E-state index contributed by atoms with van der Waals surface area (Å²) in [5.41, 5.74) is 0.905. The summed E-state index contributed by atoms with van der Waals surface area (Å²) < 4.78 is 17.9. The molecule has 3 aromatic heterocycles. The van der Waals surface area contributed by atoms with E-state index in [1.165, 1.54) is 27.9 Å². The molecule has 0 aromatic carbocycles. The number of hydrogen-bond donors (Lipinski definition) is 2. The second kappa shape index (κ2) is 10.6. The van der Waals surface area contributed by atoms with Gasteiger partial charge in [-0.15, -0.1) is 0 Å². The van der Waals surface area contributed by atoms with Crippen molar-refractivity contribution in [2.45, 2.75) is 6.10 Å². The van der Waals surface area contributed by atoms with Gasteiger partial charge >= 0.3 is 6.09 Å². The van der Waals surface area contributed by atoms with Crippen LogP contribution in [0.25, 0.3) is 11.0 Å². The number of hydrogen-bond acceptors (Lipinski definition) is 10. The molecular formula is C21H22ClN7O6S. The lowest BCUT2D eigenvalue weighted by Gasteiger charge is -2.18. The van der Waals surface area contributed by atoms with Gasteiger partial charge in [0.25, 0.3) is 17.3 Å². The summed E-state index contributed by atoms with van der Waals surface area (Å²) in [6.45, 7) is 1.16. The fraction of sp³-hybridized carbons (Fsp3) is 0.333. The topological polar surface area (TPSA) is 150 Å². The molecule has 5 heterocycles. The van der Waals surface area contributed by atoms with Gasteiger partial charge in [0.15, 0.2) is 24.0 Å². The molecule has 190 valence electrons. The van der Waals surface area contributed by atoms with Crippen LogP contribution >= 0.6 is 25.1 Å². The van der Waals surface area contributed by atoms with Gasteiger partial charge in [-0.2, -0.15) is 13.5 Å². The fourth-order valence-electron chi connectivity index (χ4n) is 3.72. The van der Waals surface area contributed by atoms with Crippen molar-refractivity contribution in [2.75, 3.05) is 43.1 Å². The molecule has 5 rings (SSSR count). The first-order valence-corrected chi connectivity index (χ1v) is 11.0. The normalized spacial score (nSPS) is 16.6. The Labute approximate surface area is 216 Å². The van der Waals surface area contributed by atoms with E-state index in [9.17, 15) is 14.4 Å². The largest absolute Gasteiger partial charge is 0.488 e. The SMILES string of the molecule is Cn1c(=O)ccc2ncc(Cl)c(OCCNC[C@H]3CN(c4cnc5c(n4)NC(=O)CO5)C(=O)O3)c21.S. The second-order valence-corrected chi connectivity index (χ2v) is 8.19. The minimum absolute atomic E-state index is 0. The number of amides is 2. The highest BCUT2D eigenvalue weighted by atomic mass is 35.5. The number of rotatable bonds is 7. The molecule has 0 radical (unpaired) electrons. The smallest absolute Gasteiger partial charge is 0.416 e. The van der Waals surface area contributed by atoms with E-state index in [0.717, 1.165) is 0 Å². The van der Waals surface area contributed by atoms with E-state index in [4.69, 9.17) is 25.8 Å². The first-order chi connectivity index (χ1) is 16.9. The monoisotopic (exact) mass is 535 g/mol. The maximum absolute atomic E-state index is 12.3. The number of fused-ring (bicyclic) bond motifs is 2. The second-order valence-electron chi connectivity index (χ2n) is 7.79. The third-order valence-electron chi connectivity index (χ3n) is 5.41. The summed E-state index contributed by atoms with van der Waals surface area (Å²) in [7, 11) is 1.63. The molecule has 3 aromatic rings. The molecule has 0 aliphatic carbocycles. The first kappa shape index (κ1) is 25.5. The number of halogens is 1. The van der Waals surface area contributed by atoms with Crippen LogP contribution in [-0.2, 0) is 16.6 Å². The van der Waals surface area contributed by atoms with E-state index in [1.807, 2.05) is 0 Å². The summed E-state index contributed by atoms with van der Waals surface area (Å²) in [4.78, 5) is 49.7. The van der Waals surface area contributed by atoms with Crippen molar-refractivity contribution in [2.24, 2.45) is 7.05 Å². The molecule has 2 aliphatic rings. The molecule has 1 fully saturated rings. The third kappa shape index (κ3) is 5.01. The summed E-state index contributed by atoms with van der Waals surface area (Å²) in [6.07, 6.45) is 1.86. The predicted molar refractivity (Wildman–Crippen MR) is 135 cm³/mol. The van der Waals surface area contributed by atoms with Crippen LogP contribution < -0.4 is 30.6 Å². The first-order valence-electron chi connectivity index (χ1n) is 10.7. The van der Waals surface area contributed by atoms with Gasteiger partial charge in [-0.25, -0.2) is 14.8 Å². The van der Waals surface area contributed by atoms with Crippen molar-refractivity contribution in [3.8, 4) is 11.6 Å². The Kier molecular flexibility index (Phi) is 7.47. The molecule has 2 amide bonds. The Bertz CT molecular complexity index is 1390. The van der Waals surface area contributed by atoms with Crippen LogP contribution in [0.1, 0.15) is 0 Å². The molecule has 1 atom stereocenters. The van der Waals surface area contributed by atoms with Crippen LogP contribution in [0.15, 0.2) is 29.3 Å². The van der Waals surface area contributed by atoms with Crippen LogP contribution in [0.3, 0.4) is 0 Å². The number of pyridine rings is 2. The number of aromatic nitrogens is 4. The lowest BCUT2D eigenvalue weighted by Crippen LogP contribution is -2.33. The summed E-state index contributed by atoms with van der Waals surface area (Å²) in [6, 6.07) is 3.05. The van der Waals surface area contributed by atoms with Crippen molar-refractivity contribution >= 4 is 59.8 Å². The van der Waals surface area contributed by atoms with Crippen molar-refractivity contribution in [1.29, 1.82) is 0 Å². The highest BCUT2D eigenvalue weighted by molar-refractivity contribution is 7.59. The maximum atomic E-state index is 12.3.